The fourth-order valence-corrected chi connectivity index (χ4v) is 3.08. The summed E-state index contributed by atoms with van der Waals surface area (Å²) in [5.41, 5.74) is 1.64. The summed E-state index contributed by atoms with van der Waals surface area (Å²) in [5, 5.41) is 3.30. The Balaban J connectivity index is 2.28. The fourth-order valence-electron chi connectivity index (χ4n) is 2.22. The van der Waals surface area contributed by atoms with E-state index in [1.165, 1.54) is 18.2 Å². The van der Waals surface area contributed by atoms with Crippen LogP contribution in [0.2, 0.25) is 0 Å². The largest absolute Gasteiger partial charge is 0.310 e. The Morgan fingerprint density at radius 2 is 1.81 bits per heavy atom. The average molecular weight is 405 g/mol. The average Bonchev–Trinajstić information content (AvgIpc) is 2.42. The van der Waals surface area contributed by atoms with Crippen LogP contribution in [-0.4, -0.2) is 6.54 Å². The van der Waals surface area contributed by atoms with Crippen molar-refractivity contribution in [2.45, 2.75) is 19.4 Å². The minimum Gasteiger partial charge on any atom is -0.310 e. The standard InChI is InChI=1S/C16H15F3IN/c1-2-21-16(12-5-4-11(17)9-15(12)20)8-10-3-6-13(18)14(19)7-10/h3-7,9,16,21H,2,8H2,1H3. The third kappa shape index (κ3) is 4.20. The molecule has 0 aromatic heterocycles. The van der Waals surface area contributed by atoms with E-state index in [-0.39, 0.29) is 11.9 Å². The SMILES string of the molecule is CCNC(Cc1ccc(F)c(F)c1)c1ccc(F)cc1I. The van der Waals surface area contributed by atoms with Gasteiger partial charge in [-0.2, -0.15) is 0 Å². The van der Waals surface area contributed by atoms with Crippen molar-refractivity contribution in [1.82, 2.24) is 5.32 Å². The molecule has 1 atom stereocenters. The molecule has 0 saturated carbocycles. The minimum absolute atomic E-state index is 0.0765. The first-order chi connectivity index (χ1) is 10.0. The lowest BCUT2D eigenvalue weighted by Crippen LogP contribution is -2.24. The van der Waals surface area contributed by atoms with Gasteiger partial charge >= 0.3 is 0 Å². The van der Waals surface area contributed by atoms with Gasteiger partial charge in [-0.25, -0.2) is 13.2 Å². The third-order valence-electron chi connectivity index (χ3n) is 3.21. The normalized spacial score (nSPS) is 12.4. The number of hydrogen-bond acceptors (Lipinski definition) is 1. The number of hydrogen-bond donors (Lipinski definition) is 1. The molecule has 0 amide bonds. The molecule has 21 heavy (non-hydrogen) atoms. The molecule has 0 saturated heterocycles. The zero-order valence-electron chi connectivity index (χ0n) is 11.5. The van der Waals surface area contributed by atoms with Gasteiger partial charge in [-0.15, -0.1) is 0 Å². The first-order valence-corrected chi connectivity index (χ1v) is 7.71. The Kier molecular flexibility index (Phi) is 5.64. The maximum Gasteiger partial charge on any atom is 0.159 e. The molecular formula is C16H15F3IN. The van der Waals surface area contributed by atoms with Crippen LogP contribution in [-0.2, 0) is 6.42 Å². The Morgan fingerprint density at radius 1 is 1.05 bits per heavy atom. The number of rotatable bonds is 5. The molecule has 0 aliphatic carbocycles. The molecule has 112 valence electrons. The first kappa shape index (κ1) is 16.3. The van der Waals surface area contributed by atoms with Crippen molar-refractivity contribution >= 4 is 22.6 Å². The van der Waals surface area contributed by atoms with E-state index in [9.17, 15) is 13.2 Å². The van der Waals surface area contributed by atoms with Gasteiger partial charge in [0.1, 0.15) is 5.82 Å². The quantitative estimate of drug-likeness (QED) is 0.718. The van der Waals surface area contributed by atoms with Gasteiger partial charge in [-0.05, 0) is 70.9 Å². The monoisotopic (exact) mass is 405 g/mol. The third-order valence-corrected chi connectivity index (χ3v) is 4.15. The van der Waals surface area contributed by atoms with Crippen molar-refractivity contribution in [1.29, 1.82) is 0 Å². The van der Waals surface area contributed by atoms with Crippen LogP contribution < -0.4 is 5.32 Å². The lowest BCUT2D eigenvalue weighted by atomic mass is 9.98. The second-order valence-corrected chi connectivity index (χ2v) is 5.89. The number of nitrogens with one attached hydrogen (secondary N) is 1. The maximum atomic E-state index is 13.3. The van der Waals surface area contributed by atoms with E-state index in [4.69, 9.17) is 0 Å². The van der Waals surface area contributed by atoms with E-state index in [0.717, 1.165) is 21.7 Å². The van der Waals surface area contributed by atoms with Crippen LogP contribution in [0.1, 0.15) is 24.1 Å². The van der Waals surface area contributed by atoms with E-state index in [1.807, 2.05) is 6.92 Å². The lowest BCUT2D eigenvalue weighted by Gasteiger charge is -2.20. The summed E-state index contributed by atoms with van der Waals surface area (Å²) in [5.74, 6) is -1.99. The highest BCUT2D eigenvalue weighted by atomic mass is 127. The molecule has 1 unspecified atom stereocenters. The van der Waals surface area contributed by atoms with Gasteiger partial charge in [0.05, 0.1) is 0 Å². The highest BCUT2D eigenvalue weighted by Crippen LogP contribution is 2.25. The van der Waals surface area contributed by atoms with E-state index >= 15 is 0 Å². The zero-order valence-corrected chi connectivity index (χ0v) is 13.6. The maximum absolute atomic E-state index is 13.3. The Bertz CT molecular complexity index is 631. The lowest BCUT2D eigenvalue weighted by molar-refractivity contribution is 0.502. The smallest absolute Gasteiger partial charge is 0.159 e. The Labute approximate surface area is 135 Å². The summed E-state index contributed by atoms with van der Waals surface area (Å²) in [4.78, 5) is 0. The van der Waals surface area contributed by atoms with Gasteiger partial charge in [-0.3, -0.25) is 0 Å². The molecule has 2 aromatic carbocycles. The summed E-state index contributed by atoms with van der Waals surface area (Å²) >= 11 is 2.08. The number of benzene rings is 2. The summed E-state index contributed by atoms with van der Waals surface area (Å²) in [7, 11) is 0. The summed E-state index contributed by atoms with van der Waals surface area (Å²) in [6.07, 6.45) is 0.507. The number of halogens is 4. The molecule has 1 N–H and O–H groups in total. The Morgan fingerprint density at radius 3 is 2.43 bits per heavy atom. The zero-order chi connectivity index (χ0) is 15.4. The van der Waals surface area contributed by atoms with Crippen LogP contribution in [0.3, 0.4) is 0 Å². The first-order valence-electron chi connectivity index (χ1n) is 6.63. The summed E-state index contributed by atoms with van der Waals surface area (Å²) in [6.45, 7) is 2.69. The van der Waals surface area contributed by atoms with Crippen molar-refractivity contribution in [3.8, 4) is 0 Å². The fraction of sp³-hybridized carbons (Fsp3) is 0.250. The van der Waals surface area contributed by atoms with Crippen LogP contribution in [0.15, 0.2) is 36.4 Å². The van der Waals surface area contributed by atoms with Gasteiger partial charge in [-0.1, -0.05) is 19.1 Å². The van der Waals surface area contributed by atoms with E-state index in [1.54, 1.807) is 12.1 Å². The van der Waals surface area contributed by atoms with Crippen LogP contribution in [0.5, 0.6) is 0 Å². The van der Waals surface area contributed by atoms with Crippen molar-refractivity contribution in [2.75, 3.05) is 6.54 Å². The molecule has 0 aliphatic rings. The molecule has 0 fully saturated rings. The van der Waals surface area contributed by atoms with Crippen LogP contribution >= 0.6 is 22.6 Å². The second kappa shape index (κ2) is 7.26. The molecule has 0 spiro atoms. The van der Waals surface area contributed by atoms with E-state index < -0.39 is 11.6 Å². The highest BCUT2D eigenvalue weighted by Gasteiger charge is 2.15. The molecule has 0 radical (unpaired) electrons. The highest BCUT2D eigenvalue weighted by molar-refractivity contribution is 14.1. The van der Waals surface area contributed by atoms with Crippen molar-refractivity contribution in [3.63, 3.8) is 0 Å². The van der Waals surface area contributed by atoms with Gasteiger partial charge in [0.25, 0.3) is 0 Å². The predicted octanol–water partition coefficient (Wildman–Crippen LogP) is 4.60. The molecule has 0 aliphatic heterocycles. The summed E-state index contributed by atoms with van der Waals surface area (Å²) < 4.78 is 40.3. The molecule has 2 rings (SSSR count). The van der Waals surface area contributed by atoms with Gasteiger partial charge in [0, 0.05) is 9.61 Å². The van der Waals surface area contributed by atoms with Crippen LogP contribution in [0, 0.1) is 21.0 Å². The van der Waals surface area contributed by atoms with Gasteiger partial charge in [0.15, 0.2) is 11.6 Å². The second-order valence-electron chi connectivity index (χ2n) is 4.73. The van der Waals surface area contributed by atoms with Gasteiger partial charge in [0.2, 0.25) is 0 Å². The molecular weight excluding hydrogens is 390 g/mol. The van der Waals surface area contributed by atoms with Crippen molar-refractivity contribution < 1.29 is 13.2 Å². The van der Waals surface area contributed by atoms with Crippen molar-refractivity contribution in [3.05, 3.63) is 68.5 Å². The van der Waals surface area contributed by atoms with Crippen molar-refractivity contribution in [2.24, 2.45) is 0 Å². The molecule has 5 heteroatoms. The van der Waals surface area contributed by atoms with Gasteiger partial charge < -0.3 is 5.32 Å². The van der Waals surface area contributed by atoms with E-state index in [2.05, 4.69) is 27.9 Å². The predicted molar refractivity (Wildman–Crippen MR) is 85.6 cm³/mol. The van der Waals surface area contributed by atoms with Crippen LogP contribution in [0.4, 0.5) is 13.2 Å². The molecule has 0 heterocycles. The topological polar surface area (TPSA) is 12.0 Å². The molecule has 0 bridgehead atoms. The minimum atomic E-state index is -0.852. The summed E-state index contributed by atoms with van der Waals surface area (Å²) in [6, 6.07) is 8.42. The Hall–Kier alpha value is -1.08. The van der Waals surface area contributed by atoms with Crippen LogP contribution in [0.25, 0.3) is 0 Å². The molecule has 2 aromatic rings. The number of likely N-dealkylation sites (N-methyl/N-ethyl adjacent to an activating group) is 1. The van der Waals surface area contributed by atoms with E-state index in [0.29, 0.717) is 12.0 Å². The molecule has 1 nitrogen and oxygen atoms in total.